The smallest absolute Gasteiger partial charge is 0.288 e. The summed E-state index contributed by atoms with van der Waals surface area (Å²) in [7, 11) is -4.02. The molecule has 1 heterocycles. The van der Waals surface area contributed by atoms with Gasteiger partial charge in [0.05, 0.1) is 17.3 Å². The first-order valence-corrected chi connectivity index (χ1v) is 9.93. The molecule has 132 valence electrons. The normalized spacial score (nSPS) is 16.0. The maximum absolute atomic E-state index is 12.9. The Hall–Kier alpha value is -1.76. The second kappa shape index (κ2) is 6.86. The van der Waals surface area contributed by atoms with Gasteiger partial charge in [0.2, 0.25) is 0 Å². The van der Waals surface area contributed by atoms with Gasteiger partial charge in [0.25, 0.3) is 10.0 Å². The highest BCUT2D eigenvalue weighted by molar-refractivity contribution is 7.90. The molecule has 0 N–H and O–H groups in total. The van der Waals surface area contributed by atoms with Gasteiger partial charge in [-0.05, 0) is 24.1 Å². The Morgan fingerprint density at radius 3 is 2.40 bits per heavy atom. The third kappa shape index (κ3) is 3.21. The monoisotopic (exact) mass is 398 g/mol. The molecule has 0 spiro atoms. The predicted octanol–water partition coefficient (Wildman–Crippen LogP) is 4.53. The molecule has 0 atom stereocenters. The lowest BCUT2D eigenvalue weighted by molar-refractivity contribution is 0.227. The van der Waals surface area contributed by atoms with E-state index in [-0.39, 0.29) is 33.7 Å². The fourth-order valence-electron chi connectivity index (χ4n) is 2.79. The zero-order valence-electron chi connectivity index (χ0n) is 13.4. The van der Waals surface area contributed by atoms with Crippen LogP contribution < -0.4 is 4.90 Å². The lowest BCUT2D eigenvalue weighted by Gasteiger charge is -2.36. The summed E-state index contributed by atoms with van der Waals surface area (Å²) in [6.45, 7) is 2.12. The number of amides is 2. The van der Waals surface area contributed by atoms with Crippen LogP contribution in [0.5, 0.6) is 0 Å². The summed E-state index contributed by atoms with van der Waals surface area (Å²) in [6.07, 6.45) is 0.505. The standard InChI is InChI=1S/C17H16Cl2N2O3S/c1-2-8-21-17(22)20(11-12-6-4-3-5-7-12)15-10-13(18)9-14(19)16(15)25(21,23)24/h3-7,9-10H,2,8,11H2,1H3. The summed E-state index contributed by atoms with van der Waals surface area (Å²) in [6, 6.07) is 11.6. The van der Waals surface area contributed by atoms with Crippen LogP contribution in [-0.2, 0) is 16.6 Å². The highest BCUT2D eigenvalue weighted by Crippen LogP contribution is 2.41. The molecule has 2 aromatic rings. The van der Waals surface area contributed by atoms with E-state index in [2.05, 4.69) is 0 Å². The minimum Gasteiger partial charge on any atom is -0.288 e. The van der Waals surface area contributed by atoms with Crippen LogP contribution in [0, 0.1) is 0 Å². The third-order valence-corrected chi connectivity index (χ3v) is 6.37. The van der Waals surface area contributed by atoms with Crippen LogP contribution in [-0.4, -0.2) is 25.3 Å². The van der Waals surface area contributed by atoms with E-state index in [0.717, 1.165) is 9.87 Å². The molecule has 5 nitrogen and oxygen atoms in total. The molecular formula is C17H16Cl2N2O3S. The Morgan fingerprint density at radius 2 is 1.76 bits per heavy atom. The zero-order valence-corrected chi connectivity index (χ0v) is 15.8. The molecule has 2 amide bonds. The van der Waals surface area contributed by atoms with Gasteiger partial charge in [0, 0.05) is 11.6 Å². The van der Waals surface area contributed by atoms with E-state index in [1.807, 2.05) is 37.3 Å². The molecule has 0 radical (unpaired) electrons. The number of urea groups is 1. The van der Waals surface area contributed by atoms with Gasteiger partial charge in [0.1, 0.15) is 4.90 Å². The predicted molar refractivity (Wildman–Crippen MR) is 98.7 cm³/mol. The van der Waals surface area contributed by atoms with E-state index in [9.17, 15) is 13.2 Å². The van der Waals surface area contributed by atoms with Crippen LogP contribution in [0.15, 0.2) is 47.4 Å². The summed E-state index contributed by atoms with van der Waals surface area (Å²) in [5.41, 5.74) is 1.08. The molecule has 25 heavy (non-hydrogen) atoms. The van der Waals surface area contributed by atoms with E-state index in [1.54, 1.807) is 0 Å². The van der Waals surface area contributed by atoms with Crippen molar-refractivity contribution in [3.05, 3.63) is 58.1 Å². The molecule has 3 rings (SSSR count). The first-order chi connectivity index (χ1) is 11.9. The van der Waals surface area contributed by atoms with Crippen molar-refractivity contribution < 1.29 is 13.2 Å². The van der Waals surface area contributed by atoms with Crippen LogP contribution in [0.2, 0.25) is 10.0 Å². The molecule has 0 saturated heterocycles. The number of carbonyl (C=O) groups excluding carboxylic acids is 1. The number of benzene rings is 2. The fraction of sp³-hybridized carbons (Fsp3) is 0.235. The van der Waals surface area contributed by atoms with Crippen LogP contribution in [0.4, 0.5) is 10.5 Å². The Morgan fingerprint density at radius 1 is 1.08 bits per heavy atom. The molecule has 1 aliphatic rings. The maximum atomic E-state index is 12.9. The highest BCUT2D eigenvalue weighted by atomic mass is 35.5. The van der Waals surface area contributed by atoms with Crippen molar-refractivity contribution >= 4 is 44.9 Å². The van der Waals surface area contributed by atoms with Gasteiger partial charge < -0.3 is 0 Å². The van der Waals surface area contributed by atoms with Gasteiger partial charge in [0.15, 0.2) is 0 Å². The quantitative estimate of drug-likeness (QED) is 0.759. The van der Waals surface area contributed by atoms with Gasteiger partial charge in [-0.3, -0.25) is 4.90 Å². The van der Waals surface area contributed by atoms with Gasteiger partial charge >= 0.3 is 6.03 Å². The number of carbonyl (C=O) groups is 1. The Balaban J connectivity index is 2.19. The van der Waals surface area contributed by atoms with Crippen molar-refractivity contribution in [3.63, 3.8) is 0 Å². The van der Waals surface area contributed by atoms with E-state index in [0.29, 0.717) is 6.42 Å². The van der Waals surface area contributed by atoms with Crippen LogP contribution >= 0.6 is 23.2 Å². The Labute approximate surface area is 156 Å². The molecule has 0 bridgehead atoms. The van der Waals surface area contributed by atoms with E-state index in [1.165, 1.54) is 17.0 Å². The molecule has 0 unspecified atom stereocenters. The van der Waals surface area contributed by atoms with Crippen LogP contribution in [0.1, 0.15) is 18.9 Å². The van der Waals surface area contributed by atoms with Crippen molar-refractivity contribution in [2.24, 2.45) is 0 Å². The minimum absolute atomic E-state index is 0.00849. The van der Waals surface area contributed by atoms with Crippen molar-refractivity contribution in [3.8, 4) is 0 Å². The second-order valence-corrected chi connectivity index (χ2v) is 8.31. The third-order valence-electron chi connectivity index (χ3n) is 3.88. The first kappa shape index (κ1) is 18.0. The number of sulfonamides is 1. The van der Waals surface area contributed by atoms with E-state index in [4.69, 9.17) is 23.2 Å². The number of hydrogen-bond donors (Lipinski definition) is 0. The summed E-state index contributed by atoms with van der Waals surface area (Å²) in [5, 5.41) is 0.280. The number of halogens is 2. The van der Waals surface area contributed by atoms with Crippen molar-refractivity contribution in [2.75, 3.05) is 11.4 Å². The largest absolute Gasteiger partial charge is 0.338 e. The number of anilines is 1. The SMILES string of the molecule is CCCN1C(=O)N(Cc2ccccc2)c2cc(Cl)cc(Cl)c2S1(=O)=O. The average molecular weight is 399 g/mol. The van der Waals surface area contributed by atoms with Gasteiger partial charge in [-0.25, -0.2) is 17.5 Å². The fourth-order valence-corrected chi connectivity index (χ4v) is 5.25. The molecule has 0 aromatic heterocycles. The molecule has 0 fully saturated rings. The maximum Gasteiger partial charge on any atom is 0.338 e. The summed E-state index contributed by atoms with van der Waals surface area (Å²) in [5.74, 6) is 0. The molecular weight excluding hydrogens is 383 g/mol. The van der Waals surface area contributed by atoms with E-state index < -0.39 is 16.1 Å². The van der Waals surface area contributed by atoms with Crippen LogP contribution in [0.3, 0.4) is 0 Å². The number of hydrogen-bond acceptors (Lipinski definition) is 3. The molecule has 2 aromatic carbocycles. The average Bonchev–Trinajstić information content (AvgIpc) is 2.55. The topological polar surface area (TPSA) is 57.7 Å². The molecule has 0 saturated carbocycles. The molecule has 8 heteroatoms. The Bertz CT molecular complexity index is 917. The van der Waals surface area contributed by atoms with Gasteiger partial charge in [-0.15, -0.1) is 0 Å². The minimum atomic E-state index is -4.02. The zero-order chi connectivity index (χ0) is 18.2. The van der Waals surface area contributed by atoms with Crippen molar-refractivity contribution in [1.82, 2.24) is 4.31 Å². The van der Waals surface area contributed by atoms with Crippen molar-refractivity contribution in [2.45, 2.75) is 24.8 Å². The van der Waals surface area contributed by atoms with E-state index >= 15 is 0 Å². The highest BCUT2D eigenvalue weighted by Gasteiger charge is 2.42. The number of rotatable bonds is 4. The van der Waals surface area contributed by atoms with Crippen LogP contribution in [0.25, 0.3) is 0 Å². The molecule has 1 aliphatic heterocycles. The van der Waals surface area contributed by atoms with Gasteiger partial charge in [-0.1, -0.05) is 60.5 Å². The summed E-state index contributed by atoms with van der Waals surface area (Å²) >= 11 is 12.2. The first-order valence-electron chi connectivity index (χ1n) is 7.73. The Kier molecular flexibility index (Phi) is 4.95. The lowest BCUT2D eigenvalue weighted by Crippen LogP contribution is -2.50. The summed E-state index contributed by atoms with van der Waals surface area (Å²) in [4.78, 5) is 14.2. The number of fused-ring (bicyclic) bond motifs is 1. The van der Waals surface area contributed by atoms with Crippen molar-refractivity contribution in [1.29, 1.82) is 0 Å². The van der Waals surface area contributed by atoms with Gasteiger partial charge in [-0.2, -0.15) is 0 Å². The number of nitrogens with zero attached hydrogens (tertiary/aromatic N) is 2. The summed E-state index contributed by atoms with van der Waals surface area (Å²) < 4.78 is 26.6. The second-order valence-electron chi connectivity index (χ2n) is 5.67. The molecule has 0 aliphatic carbocycles. The lowest BCUT2D eigenvalue weighted by atomic mass is 10.2.